The fourth-order valence-corrected chi connectivity index (χ4v) is 3.53. The molecule has 1 N–H and O–H groups in total. The van der Waals surface area contributed by atoms with E-state index < -0.39 is 29.1 Å². The molecular formula is C21H23N3O6. The van der Waals surface area contributed by atoms with Crippen molar-refractivity contribution in [3.63, 3.8) is 0 Å². The Morgan fingerprint density at radius 2 is 1.57 bits per heavy atom. The Morgan fingerprint density at radius 3 is 2.17 bits per heavy atom. The maximum Gasteiger partial charge on any atom is 0.355 e. The molecule has 0 fully saturated rings. The molecule has 30 heavy (non-hydrogen) atoms. The van der Waals surface area contributed by atoms with Gasteiger partial charge in [-0.05, 0) is 19.4 Å². The van der Waals surface area contributed by atoms with Crippen molar-refractivity contribution in [2.75, 3.05) is 18.5 Å². The van der Waals surface area contributed by atoms with Gasteiger partial charge in [0.15, 0.2) is 0 Å². The van der Waals surface area contributed by atoms with Gasteiger partial charge in [-0.15, -0.1) is 0 Å². The molecule has 0 spiro atoms. The standard InChI is InChI=1S/C21H23N3O6/c1-5-29-19(26)14-13(12-10-8-7-9-11-12)15-17(22-16(14)20(27)30-6-2)23(3)21(28)24(4)18(15)25/h7-11,13,22H,5-6H2,1-4H3. The Bertz CT molecular complexity index is 1140. The zero-order chi connectivity index (χ0) is 22.0. The summed E-state index contributed by atoms with van der Waals surface area (Å²) in [6, 6.07) is 8.80. The van der Waals surface area contributed by atoms with Crippen LogP contribution in [0.2, 0.25) is 0 Å². The van der Waals surface area contributed by atoms with Crippen molar-refractivity contribution in [3.8, 4) is 0 Å². The highest BCUT2D eigenvalue weighted by molar-refractivity contribution is 6.05. The summed E-state index contributed by atoms with van der Waals surface area (Å²) in [4.78, 5) is 51.3. The second kappa shape index (κ2) is 8.40. The van der Waals surface area contributed by atoms with E-state index in [1.807, 2.05) is 0 Å². The van der Waals surface area contributed by atoms with Gasteiger partial charge in [0.05, 0.1) is 30.3 Å². The summed E-state index contributed by atoms with van der Waals surface area (Å²) in [7, 11) is 2.84. The first-order chi connectivity index (χ1) is 14.3. The predicted molar refractivity (Wildman–Crippen MR) is 109 cm³/mol. The number of carbonyl (C=O) groups is 2. The van der Waals surface area contributed by atoms with Crippen LogP contribution in [0.1, 0.15) is 30.9 Å². The number of esters is 2. The Hall–Kier alpha value is -3.62. The topological polar surface area (TPSA) is 109 Å². The van der Waals surface area contributed by atoms with Gasteiger partial charge in [0.25, 0.3) is 5.56 Å². The van der Waals surface area contributed by atoms with Crippen molar-refractivity contribution >= 4 is 17.8 Å². The second-order valence-electron chi connectivity index (χ2n) is 6.67. The molecule has 9 nitrogen and oxygen atoms in total. The second-order valence-corrected chi connectivity index (χ2v) is 6.67. The Labute approximate surface area is 172 Å². The lowest BCUT2D eigenvalue weighted by atomic mass is 9.82. The molecule has 0 saturated heterocycles. The first-order valence-corrected chi connectivity index (χ1v) is 9.53. The van der Waals surface area contributed by atoms with Gasteiger partial charge in [-0.3, -0.25) is 13.9 Å². The number of benzene rings is 1. The molecule has 0 aliphatic carbocycles. The number of hydrogen-bond acceptors (Lipinski definition) is 7. The number of nitrogens with one attached hydrogen (secondary N) is 1. The van der Waals surface area contributed by atoms with Gasteiger partial charge in [-0.1, -0.05) is 30.3 Å². The van der Waals surface area contributed by atoms with Crippen molar-refractivity contribution in [1.82, 2.24) is 9.13 Å². The SMILES string of the molecule is CCOC(=O)C1=C(C(=O)OCC)C(c2ccccc2)c2c(n(C)c(=O)n(C)c2=O)N1. The van der Waals surface area contributed by atoms with Crippen molar-refractivity contribution < 1.29 is 19.1 Å². The van der Waals surface area contributed by atoms with Crippen molar-refractivity contribution in [2.24, 2.45) is 14.1 Å². The van der Waals surface area contributed by atoms with Crippen LogP contribution in [0.25, 0.3) is 0 Å². The number of fused-ring (bicyclic) bond motifs is 1. The van der Waals surface area contributed by atoms with E-state index in [1.165, 1.54) is 18.7 Å². The molecule has 1 aliphatic heterocycles. The highest BCUT2D eigenvalue weighted by atomic mass is 16.5. The molecule has 1 unspecified atom stereocenters. The van der Waals surface area contributed by atoms with Crippen molar-refractivity contribution in [2.45, 2.75) is 19.8 Å². The number of aromatic nitrogens is 2. The smallest absolute Gasteiger partial charge is 0.355 e. The van der Waals surface area contributed by atoms with Crippen LogP contribution in [0.15, 0.2) is 51.2 Å². The molecule has 1 aliphatic rings. The van der Waals surface area contributed by atoms with Crippen molar-refractivity contribution in [3.05, 3.63) is 73.6 Å². The summed E-state index contributed by atoms with van der Waals surface area (Å²) in [6.45, 7) is 3.45. The van der Waals surface area contributed by atoms with E-state index in [0.717, 1.165) is 4.57 Å². The average molecular weight is 413 g/mol. The van der Waals surface area contributed by atoms with E-state index in [2.05, 4.69) is 5.32 Å². The van der Waals surface area contributed by atoms with Crippen LogP contribution in [0.4, 0.5) is 5.82 Å². The Kier molecular flexibility index (Phi) is 5.91. The van der Waals surface area contributed by atoms with Crippen LogP contribution in [0, 0.1) is 0 Å². The summed E-state index contributed by atoms with van der Waals surface area (Å²) in [5, 5.41) is 2.80. The normalized spacial score (nSPS) is 15.3. The fraction of sp³-hybridized carbons (Fsp3) is 0.333. The molecule has 158 valence electrons. The molecule has 9 heteroatoms. The van der Waals surface area contributed by atoms with Gasteiger partial charge in [0, 0.05) is 14.1 Å². The van der Waals surface area contributed by atoms with Gasteiger partial charge in [-0.2, -0.15) is 0 Å². The van der Waals surface area contributed by atoms with Crippen LogP contribution in [0.3, 0.4) is 0 Å². The quantitative estimate of drug-likeness (QED) is 0.729. The molecule has 0 amide bonds. The third-order valence-electron chi connectivity index (χ3n) is 4.90. The number of carbonyl (C=O) groups excluding carboxylic acids is 2. The molecule has 1 atom stereocenters. The lowest BCUT2D eigenvalue weighted by molar-refractivity contribution is -0.142. The summed E-state index contributed by atoms with van der Waals surface area (Å²) in [5.74, 6) is -2.32. The summed E-state index contributed by atoms with van der Waals surface area (Å²) in [5.41, 5.74) is -0.563. The van der Waals surface area contributed by atoms with Crippen LogP contribution in [-0.4, -0.2) is 34.3 Å². The average Bonchev–Trinajstić information content (AvgIpc) is 2.75. The molecule has 1 aromatic heterocycles. The minimum Gasteiger partial charge on any atom is -0.463 e. The first kappa shape index (κ1) is 21.1. The maximum absolute atomic E-state index is 13.1. The van der Waals surface area contributed by atoms with Crippen molar-refractivity contribution in [1.29, 1.82) is 0 Å². The Balaban J connectivity index is 2.43. The lowest BCUT2D eigenvalue weighted by Gasteiger charge is -2.30. The van der Waals surface area contributed by atoms with E-state index in [4.69, 9.17) is 9.47 Å². The monoisotopic (exact) mass is 413 g/mol. The first-order valence-electron chi connectivity index (χ1n) is 9.53. The minimum atomic E-state index is -0.925. The van der Waals surface area contributed by atoms with E-state index in [0.29, 0.717) is 5.56 Å². The van der Waals surface area contributed by atoms with E-state index >= 15 is 0 Å². The molecule has 0 radical (unpaired) electrons. The third-order valence-corrected chi connectivity index (χ3v) is 4.90. The Morgan fingerprint density at radius 1 is 0.967 bits per heavy atom. The van der Waals surface area contributed by atoms with Gasteiger partial charge in [0.2, 0.25) is 0 Å². The molecular weight excluding hydrogens is 390 g/mol. The van der Waals surface area contributed by atoms with E-state index in [9.17, 15) is 19.2 Å². The summed E-state index contributed by atoms with van der Waals surface area (Å²) in [6.07, 6.45) is 0. The number of anilines is 1. The fourth-order valence-electron chi connectivity index (χ4n) is 3.53. The van der Waals surface area contributed by atoms with E-state index in [-0.39, 0.29) is 35.9 Å². The lowest BCUT2D eigenvalue weighted by Crippen LogP contribution is -2.44. The highest BCUT2D eigenvalue weighted by Gasteiger charge is 2.40. The minimum absolute atomic E-state index is 0.0373. The zero-order valence-corrected chi connectivity index (χ0v) is 17.2. The largest absolute Gasteiger partial charge is 0.463 e. The molecule has 0 bridgehead atoms. The van der Waals surface area contributed by atoms with E-state index in [1.54, 1.807) is 44.2 Å². The molecule has 1 aromatic carbocycles. The molecule has 2 aromatic rings. The predicted octanol–water partition coefficient (Wildman–Crippen LogP) is 1.02. The maximum atomic E-state index is 13.1. The van der Waals surface area contributed by atoms with Crippen LogP contribution in [0.5, 0.6) is 0 Å². The molecule has 2 heterocycles. The van der Waals surface area contributed by atoms with Gasteiger partial charge >= 0.3 is 17.6 Å². The summed E-state index contributed by atoms with van der Waals surface area (Å²) < 4.78 is 12.5. The van der Waals surface area contributed by atoms with Gasteiger partial charge < -0.3 is 14.8 Å². The number of nitrogens with zero attached hydrogens (tertiary/aromatic N) is 2. The number of rotatable bonds is 5. The molecule has 3 rings (SSSR count). The molecule has 0 saturated carbocycles. The van der Waals surface area contributed by atoms with Gasteiger partial charge in [0.1, 0.15) is 11.5 Å². The van der Waals surface area contributed by atoms with Crippen LogP contribution >= 0.6 is 0 Å². The number of hydrogen-bond donors (Lipinski definition) is 1. The highest BCUT2D eigenvalue weighted by Crippen LogP contribution is 2.40. The number of ether oxygens (including phenoxy) is 2. The van der Waals surface area contributed by atoms with Crippen LogP contribution < -0.4 is 16.6 Å². The van der Waals surface area contributed by atoms with Gasteiger partial charge in [-0.25, -0.2) is 14.4 Å². The summed E-state index contributed by atoms with van der Waals surface area (Å²) >= 11 is 0. The zero-order valence-electron chi connectivity index (χ0n) is 17.2. The van der Waals surface area contributed by atoms with Crippen LogP contribution in [-0.2, 0) is 33.2 Å². The third kappa shape index (κ3) is 3.42.